The van der Waals surface area contributed by atoms with Crippen LogP contribution in [0.4, 0.5) is 0 Å². The average Bonchev–Trinajstić information content (AvgIpc) is 3.31. The van der Waals surface area contributed by atoms with E-state index in [9.17, 15) is 19.8 Å². The summed E-state index contributed by atoms with van der Waals surface area (Å²) in [5.74, 6) is -0.389. The third-order valence-electron chi connectivity index (χ3n) is 7.45. The van der Waals surface area contributed by atoms with Crippen LogP contribution in [-0.4, -0.2) is 42.6 Å². The second-order valence-corrected chi connectivity index (χ2v) is 10.8. The number of aliphatic hydroxyl groups excluding tert-OH is 1. The van der Waals surface area contributed by atoms with Gasteiger partial charge in [-0.25, -0.2) is 9.78 Å². The van der Waals surface area contributed by atoms with E-state index in [0.29, 0.717) is 23.8 Å². The number of hydrogen-bond donors (Lipinski definition) is 2. The summed E-state index contributed by atoms with van der Waals surface area (Å²) in [4.78, 5) is 32.1. The van der Waals surface area contributed by atoms with Crippen LogP contribution in [-0.2, 0) is 48.5 Å². The maximum Gasteiger partial charge on any atom is 0.326 e. The standard InChI is InChI=1S/C34H38ClN3O4/c1-2-3-14-31-36-33(35)30(24-39)37(31)22-27-15-17-28(18-16-27)23-38(32(40)20-19-25-10-6-4-7-11-25)29(34(41)42)21-26-12-8-5-9-13-26/h4-13,15-18,29,39H,2-3,14,19-24H2,1H3,(H,41,42). The van der Waals surface area contributed by atoms with Gasteiger partial charge in [0.25, 0.3) is 0 Å². The van der Waals surface area contributed by atoms with Gasteiger partial charge in [-0.15, -0.1) is 0 Å². The number of amides is 1. The van der Waals surface area contributed by atoms with Gasteiger partial charge in [0, 0.05) is 32.4 Å². The summed E-state index contributed by atoms with van der Waals surface area (Å²) in [5, 5.41) is 20.5. The first kappa shape index (κ1) is 31.0. The molecule has 0 fully saturated rings. The van der Waals surface area contributed by atoms with Gasteiger partial charge in [0.15, 0.2) is 5.15 Å². The maximum atomic E-state index is 13.6. The van der Waals surface area contributed by atoms with Gasteiger partial charge in [-0.2, -0.15) is 0 Å². The largest absolute Gasteiger partial charge is 0.480 e. The van der Waals surface area contributed by atoms with Gasteiger partial charge in [-0.3, -0.25) is 4.79 Å². The Bertz CT molecular complexity index is 1440. The van der Waals surface area contributed by atoms with E-state index in [1.165, 1.54) is 4.90 Å². The Morgan fingerprint density at radius 1 is 0.881 bits per heavy atom. The van der Waals surface area contributed by atoms with E-state index < -0.39 is 12.0 Å². The Morgan fingerprint density at radius 2 is 1.50 bits per heavy atom. The Hall–Kier alpha value is -3.94. The fourth-order valence-corrected chi connectivity index (χ4v) is 5.34. The molecule has 4 aromatic rings. The molecular weight excluding hydrogens is 550 g/mol. The minimum Gasteiger partial charge on any atom is -0.480 e. The summed E-state index contributed by atoms with van der Waals surface area (Å²) >= 11 is 6.31. The molecule has 1 aromatic heterocycles. The number of hydrogen-bond acceptors (Lipinski definition) is 4. The minimum absolute atomic E-state index is 0.179. The predicted molar refractivity (Wildman–Crippen MR) is 164 cm³/mol. The van der Waals surface area contributed by atoms with Crippen molar-refractivity contribution < 1.29 is 19.8 Å². The van der Waals surface area contributed by atoms with Crippen molar-refractivity contribution in [1.29, 1.82) is 0 Å². The van der Waals surface area contributed by atoms with E-state index in [4.69, 9.17) is 11.6 Å². The highest BCUT2D eigenvalue weighted by Gasteiger charge is 2.30. The average molecular weight is 588 g/mol. The summed E-state index contributed by atoms with van der Waals surface area (Å²) < 4.78 is 1.97. The number of benzene rings is 3. The van der Waals surface area contributed by atoms with Crippen LogP contribution in [0.3, 0.4) is 0 Å². The Labute approximate surface area is 252 Å². The number of carboxylic acid groups (broad SMARTS) is 1. The van der Waals surface area contributed by atoms with Gasteiger partial charge in [0.05, 0.1) is 12.3 Å². The van der Waals surface area contributed by atoms with Crippen molar-refractivity contribution in [2.45, 2.75) is 71.2 Å². The maximum absolute atomic E-state index is 13.6. The first-order valence-corrected chi connectivity index (χ1v) is 14.8. The van der Waals surface area contributed by atoms with Crippen molar-refractivity contribution in [1.82, 2.24) is 14.5 Å². The lowest BCUT2D eigenvalue weighted by Gasteiger charge is -2.30. The van der Waals surface area contributed by atoms with E-state index in [0.717, 1.165) is 47.3 Å². The van der Waals surface area contributed by atoms with Gasteiger partial charge in [0.2, 0.25) is 5.91 Å². The molecule has 0 aliphatic heterocycles. The number of carbonyl (C=O) groups excluding carboxylic acids is 1. The molecule has 8 heteroatoms. The molecule has 2 N–H and O–H groups in total. The van der Waals surface area contributed by atoms with Gasteiger partial charge in [-0.05, 0) is 35.1 Å². The normalized spacial score (nSPS) is 11.8. The zero-order chi connectivity index (χ0) is 29.9. The van der Waals surface area contributed by atoms with E-state index in [1.54, 1.807) is 0 Å². The lowest BCUT2D eigenvalue weighted by molar-refractivity contribution is -0.150. The van der Waals surface area contributed by atoms with Crippen molar-refractivity contribution in [3.05, 3.63) is 124 Å². The summed E-state index contributed by atoms with van der Waals surface area (Å²) in [7, 11) is 0. The second kappa shape index (κ2) is 15.3. The molecule has 0 radical (unpaired) electrons. The van der Waals surface area contributed by atoms with E-state index in [-0.39, 0.29) is 31.9 Å². The van der Waals surface area contributed by atoms with Crippen LogP contribution in [0.1, 0.15) is 60.0 Å². The lowest BCUT2D eigenvalue weighted by Crippen LogP contribution is -2.46. The van der Waals surface area contributed by atoms with Crippen molar-refractivity contribution >= 4 is 23.5 Å². The smallest absolute Gasteiger partial charge is 0.326 e. The molecule has 1 atom stereocenters. The minimum atomic E-state index is -1.03. The van der Waals surface area contributed by atoms with E-state index >= 15 is 0 Å². The molecule has 4 rings (SSSR count). The Morgan fingerprint density at radius 3 is 2.10 bits per heavy atom. The number of aliphatic hydroxyl groups is 1. The first-order valence-electron chi connectivity index (χ1n) is 14.4. The number of rotatable bonds is 15. The molecule has 0 saturated carbocycles. The molecule has 0 saturated heterocycles. The zero-order valence-corrected chi connectivity index (χ0v) is 24.7. The van der Waals surface area contributed by atoms with Crippen molar-refractivity contribution in [3.8, 4) is 0 Å². The van der Waals surface area contributed by atoms with E-state index in [2.05, 4.69) is 11.9 Å². The van der Waals surface area contributed by atoms with Gasteiger partial charge in [-0.1, -0.05) is 110 Å². The number of aryl methyl sites for hydroxylation is 2. The second-order valence-electron chi connectivity index (χ2n) is 10.5. The molecular formula is C34H38ClN3O4. The van der Waals surface area contributed by atoms with E-state index in [1.807, 2.05) is 89.5 Å². The SMILES string of the molecule is CCCCc1nc(Cl)c(CO)n1Cc1ccc(CN(C(=O)CCc2ccccc2)C(Cc2ccccc2)C(=O)O)cc1. The van der Waals surface area contributed by atoms with Crippen molar-refractivity contribution in [2.75, 3.05) is 0 Å². The molecule has 7 nitrogen and oxygen atoms in total. The van der Waals surface area contributed by atoms with Gasteiger partial charge in [0.1, 0.15) is 11.9 Å². The highest BCUT2D eigenvalue weighted by molar-refractivity contribution is 6.30. The molecule has 0 aliphatic carbocycles. The fourth-order valence-electron chi connectivity index (χ4n) is 5.08. The Kier molecular flexibility index (Phi) is 11.3. The third kappa shape index (κ3) is 8.30. The molecule has 1 amide bonds. The van der Waals surface area contributed by atoms with Gasteiger partial charge >= 0.3 is 5.97 Å². The van der Waals surface area contributed by atoms with Crippen molar-refractivity contribution in [3.63, 3.8) is 0 Å². The number of nitrogens with zero attached hydrogens (tertiary/aromatic N) is 3. The van der Waals surface area contributed by atoms with Crippen LogP contribution in [0.2, 0.25) is 5.15 Å². The summed E-state index contributed by atoms with van der Waals surface area (Å²) in [6.07, 6.45) is 3.73. The first-order chi connectivity index (χ1) is 20.4. The number of carboxylic acids is 1. The topological polar surface area (TPSA) is 95.7 Å². The molecule has 3 aromatic carbocycles. The highest BCUT2D eigenvalue weighted by Crippen LogP contribution is 2.22. The summed E-state index contributed by atoms with van der Waals surface area (Å²) in [6.45, 7) is 2.60. The number of halogens is 1. The van der Waals surface area contributed by atoms with Crippen LogP contribution in [0.25, 0.3) is 0 Å². The van der Waals surface area contributed by atoms with Crippen LogP contribution in [0.5, 0.6) is 0 Å². The monoisotopic (exact) mass is 587 g/mol. The molecule has 0 bridgehead atoms. The summed E-state index contributed by atoms with van der Waals surface area (Å²) in [5.41, 5.74) is 4.31. The molecule has 1 heterocycles. The quantitative estimate of drug-likeness (QED) is 0.176. The predicted octanol–water partition coefficient (Wildman–Crippen LogP) is 6.08. The molecule has 0 aliphatic rings. The number of carbonyl (C=O) groups is 2. The zero-order valence-electron chi connectivity index (χ0n) is 24.0. The van der Waals surface area contributed by atoms with Gasteiger partial charge < -0.3 is 19.7 Å². The number of unbranched alkanes of at least 4 members (excludes halogenated alkanes) is 1. The van der Waals surface area contributed by atoms with Crippen LogP contribution in [0, 0.1) is 0 Å². The third-order valence-corrected chi connectivity index (χ3v) is 7.75. The Balaban J connectivity index is 1.55. The van der Waals surface area contributed by atoms with Crippen LogP contribution >= 0.6 is 11.6 Å². The fraction of sp³-hybridized carbons (Fsp3) is 0.324. The van der Waals surface area contributed by atoms with Crippen LogP contribution < -0.4 is 0 Å². The number of aromatic nitrogens is 2. The molecule has 1 unspecified atom stereocenters. The highest BCUT2D eigenvalue weighted by atomic mass is 35.5. The summed E-state index contributed by atoms with van der Waals surface area (Å²) in [6, 6.07) is 25.9. The number of aliphatic carboxylic acids is 1. The van der Waals surface area contributed by atoms with Crippen LogP contribution in [0.15, 0.2) is 84.9 Å². The molecule has 220 valence electrons. The van der Waals surface area contributed by atoms with Crippen molar-refractivity contribution in [2.24, 2.45) is 0 Å². The lowest BCUT2D eigenvalue weighted by atomic mass is 10.0. The molecule has 42 heavy (non-hydrogen) atoms. The number of imidazole rings is 1. The molecule has 0 spiro atoms.